The standard InChI is InChI=1S/C10H12N4O/c1-6-5-14(2)12-9(6)10-7-3-11-4-8(7)13-15-10/h5,11H,3-4H2,1-2H3. The first-order valence-corrected chi connectivity index (χ1v) is 4.94. The van der Waals surface area contributed by atoms with Gasteiger partial charge in [-0.3, -0.25) is 4.68 Å². The van der Waals surface area contributed by atoms with Crippen LogP contribution in [0.4, 0.5) is 0 Å². The summed E-state index contributed by atoms with van der Waals surface area (Å²) in [6.07, 6.45) is 1.98. The van der Waals surface area contributed by atoms with Crippen LogP contribution < -0.4 is 5.32 Å². The van der Waals surface area contributed by atoms with Crippen molar-refractivity contribution >= 4 is 0 Å². The van der Waals surface area contributed by atoms with Gasteiger partial charge in [0.1, 0.15) is 11.4 Å². The molecule has 0 amide bonds. The summed E-state index contributed by atoms with van der Waals surface area (Å²) in [6, 6.07) is 0. The molecule has 0 bridgehead atoms. The van der Waals surface area contributed by atoms with Crippen LogP contribution in [0.15, 0.2) is 10.7 Å². The van der Waals surface area contributed by atoms with Gasteiger partial charge in [0.25, 0.3) is 0 Å². The number of aryl methyl sites for hydroxylation is 2. The third kappa shape index (κ3) is 1.20. The van der Waals surface area contributed by atoms with Gasteiger partial charge in [-0.25, -0.2) is 0 Å². The van der Waals surface area contributed by atoms with Gasteiger partial charge in [-0.15, -0.1) is 0 Å². The van der Waals surface area contributed by atoms with Crippen LogP contribution >= 0.6 is 0 Å². The molecule has 0 unspecified atom stereocenters. The summed E-state index contributed by atoms with van der Waals surface area (Å²) in [5.74, 6) is 0.813. The first-order chi connectivity index (χ1) is 7.25. The molecule has 15 heavy (non-hydrogen) atoms. The highest BCUT2D eigenvalue weighted by atomic mass is 16.5. The fourth-order valence-corrected chi connectivity index (χ4v) is 1.99. The zero-order valence-corrected chi connectivity index (χ0v) is 8.74. The van der Waals surface area contributed by atoms with Gasteiger partial charge in [0, 0.05) is 31.9 Å². The van der Waals surface area contributed by atoms with Crippen LogP contribution in [0.1, 0.15) is 16.8 Å². The molecule has 0 spiro atoms. The van der Waals surface area contributed by atoms with Crippen molar-refractivity contribution in [2.24, 2.45) is 7.05 Å². The van der Waals surface area contributed by atoms with E-state index in [0.29, 0.717) is 0 Å². The molecule has 1 N–H and O–H groups in total. The van der Waals surface area contributed by atoms with Gasteiger partial charge in [0.2, 0.25) is 0 Å². The maximum Gasteiger partial charge on any atom is 0.192 e. The summed E-state index contributed by atoms with van der Waals surface area (Å²) in [6.45, 7) is 3.65. The highest BCUT2D eigenvalue weighted by Gasteiger charge is 2.24. The summed E-state index contributed by atoms with van der Waals surface area (Å²) in [5.41, 5.74) is 4.17. The van der Waals surface area contributed by atoms with E-state index in [0.717, 1.165) is 41.4 Å². The maximum atomic E-state index is 5.35. The number of rotatable bonds is 1. The first kappa shape index (κ1) is 8.67. The molecule has 5 heteroatoms. The SMILES string of the molecule is Cc1cn(C)nc1-c1onc2c1CNC2. The van der Waals surface area contributed by atoms with Gasteiger partial charge < -0.3 is 9.84 Å². The Hall–Kier alpha value is -1.62. The number of nitrogens with one attached hydrogen (secondary N) is 1. The largest absolute Gasteiger partial charge is 0.354 e. The molecule has 0 atom stereocenters. The number of fused-ring (bicyclic) bond motifs is 1. The van der Waals surface area contributed by atoms with E-state index < -0.39 is 0 Å². The Morgan fingerprint density at radius 3 is 3.07 bits per heavy atom. The minimum atomic E-state index is 0.796. The van der Waals surface area contributed by atoms with Crippen molar-refractivity contribution in [3.63, 3.8) is 0 Å². The van der Waals surface area contributed by atoms with Crippen molar-refractivity contribution in [2.45, 2.75) is 20.0 Å². The summed E-state index contributed by atoms with van der Waals surface area (Å²) in [4.78, 5) is 0. The smallest absolute Gasteiger partial charge is 0.192 e. The molecular formula is C10H12N4O. The second-order valence-corrected chi connectivity index (χ2v) is 3.87. The average Bonchev–Trinajstić information content (AvgIpc) is 2.80. The predicted molar refractivity (Wildman–Crippen MR) is 54.0 cm³/mol. The van der Waals surface area contributed by atoms with Gasteiger partial charge in [-0.1, -0.05) is 5.16 Å². The van der Waals surface area contributed by atoms with E-state index in [-0.39, 0.29) is 0 Å². The van der Waals surface area contributed by atoms with Crippen molar-refractivity contribution in [2.75, 3.05) is 0 Å². The monoisotopic (exact) mass is 204 g/mol. The van der Waals surface area contributed by atoms with Crippen LogP contribution in [-0.4, -0.2) is 14.9 Å². The molecule has 1 aliphatic rings. The lowest BCUT2D eigenvalue weighted by atomic mass is 10.1. The summed E-state index contributed by atoms with van der Waals surface area (Å²) in [7, 11) is 1.91. The molecule has 0 fully saturated rings. The molecule has 0 saturated heterocycles. The van der Waals surface area contributed by atoms with Crippen LogP contribution in [0, 0.1) is 6.92 Å². The van der Waals surface area contributed by atoms with Gasteiger partial charge >= 0.3 is 0 Å². The molecule has 2 aromatic heterocycles. The fourth-order valence-electron chi connectivity index (χ4n) is 1.99. The quantitative estimate of drug-likeness (QED) is 0.752. The second-order valence-electron chi connectivity index (χ2n) is 3.87. The molecule has 1 aliphatic heterocycles. The van der Waals surface area contributed by atoms with E-state index in [1.807, 2.05) is 20.2 Å². The summed E-state index contributed by atoms with van der Waals surface area (Å²) < 4.78 is 7.15. The van der Waals surface area contributed by atoms with Crippen molar-refractivity contribution in [1.82, 2.24) is 20.3 Å². The van der Waals surface area contributed by atoms with Gasteiger partial charge in [0.05, 0.1) is 0 Å². The van der Waals surface area contributed by atoms with E-state index in [1.165, 1.54) is 0 Å². The number of aromatic nitrogens is 3. The lowest BCUT2D eigenvalue weighted by molar-refractivity contribution is 0.416. The number of hydrogen-bond donors (Lipinski definition) is 1. The van der Waals surface area contributed by atoms with Crippen LogP contribution in [-0.2, 0) is 20.1 Å². The average molecular weight is 204 g/mol. The molecule has 3 heterocycles. The Morgan fingerprint density at radius 2 is 2.33 bits per heavy atom. The maximum absolute atomic E-state index is 5.35. The van der Waals surface area contributed by atoms with Gasteiger partial charge in [-0.2, -0.15) is 5.10 Å². The second kappa shape index (κ2) is 2.93. The van der Waals surface area contributed by atoms with E-state index in [2.05, 4.69) is 15.6 Å². The lowest BCUT2D eigenvalue weighted by Crippen LogP contribution is -2.02. The predicted octanol–water partition coefficient (Wildman–Crippen LogP) is 0.987. The zero-order valence-electron chi connectivity index (χ0n) is 8.74. The van der Waals surface area contributed by atoms with E-state index in [9.17, 15) is 0 Å². The Kier molecular flexibility index (Phi) is 1.70. The van der Waals surface area contributed by atoms with Crippen molar-refractivity contribution in [3.8, 4) is 11.5 Å². The van der Waals surface area contributed by atoms with Crippen LogP contribution in [0.5, 0.6) is 0 Å². The van der Waals surface area contributed by atoms with Gasteiger partial charge in [0.15, 0.2) is 5.76 Å². The minimum Gasteiger partial charge on any atom is -0.354 e. The zero-order chi connectivity index (χ0) is 10.4. The first-order valence-electron chi connectivity index (χ1n) is 4.94. The van der Waals surface area contributed by atoms with E-state index in [1.54, 1.807) is 4.68 Å². The number of hydrogen-bond acceptors (Lipinski definition) is 4. The van der Waals surface area contributed by atoms with Crippen LogP contribution in [0.2, 0.25) is 0 Å². The van der Waals surface area contributed by atoms with Crippen molar-refractivity contribution in [3.05, 3.63) is 23.0 Å². The minimum absolute atomic E-state index is 0.796. The molecular weight excluding hydrogens is 192 g/mol. The highest BCUT2D eigenvalue weighted by molar-refractivity contribution is 5.61. The molecule has 5 nitrogen and oxygen atoms in total. The van der Waals surface area contributed by atoms with Crippen LogP contribution in [0.25, 0.3) is 11.5 Å². The lowest BCUT2D eigenvalue weighted by Gasteiger charge is -1.94. The van der Waals surface area contributed by atoms with E-state index >= 15 is 0 Å². The molecule has 0 saturated carbocycles. The molecule has 2 aromatic rings. The molecule has 3 rings (SSSR count). The molecule has 0 aliphatic carbocycles. The van der Waals surface area contributed by atoms with Gasteiger partial charge in [-0.05, 0) is 12.5 Å². The molecule has 0 aromatic carbocycles. The van der Waals surface area contributed by atoms with E-state index in [4.69, 9.17) is 4.52 Å². The third-order valence-electron chi connectivity index (χ3n) is 2.69. The van der Waals surface area contributed by atoms with Crippen molar-refractivity contribution in [1.29, 1.82) is 0 Å². The Morgan fingerprint density at radius 1 is 1.47 bits per heavy atom. The Labute approximate surface area is 87.1 Å². The molecule has 78 valence electrons. The van der Waals surface area contributed by atoms with Crippen LogP contribution in [0.3, 0.4) is 0 Å². The molecule has 0 radical (unpaired) electrons. The Balaban J connectivity index is 2.16. The normalized spacial score (nSPS) is 14.5. The summed E-state index contributed by atoms with van der Waals surface area (Å²) in [5, 5.41) is 11.7. The number of nitrogens with zero attached hydrogens (tertiary/aromatic N) is 3. The third-order valence-corrected chi connectivity index (χ3v) is 2.69. The summed E-state index contributed by atoms with van der Waals surface area (Å²) >= 11 is 0. The Bertz CT molecular complexity index is 511. The topological polar surface area (TPSA) is 55.9 Å². The van der Waals surface area contributed by atoms with Crippen molar-refractivity contribution < 1.29 is 4.52 Å². The fraction of sp³-hybridized carbons (Fsp3) is 0.400. The highest BCUT2D eigenvalue weighted by Crippen LogP contribution is 2.29.